The summed E-state index contributed by atoms with van der Waals surface area (Å²) in [5, 5.41) is 2.38. The van der Waals surface area contributed by atoms with E-state index in [4.69, 9.17) is 0 Å². The fourth-order valence-electron chi connectivity index (χ4n) is 1.47. The molecule has 0 unspecified atom stereocenters. The largest absolute Gasteiger partial charge is 0.416 e. The van der Waals surface area contributed by atoms with Gasteiger partial charge in [0.15, 0.2) is 0 Å². The first-order chi connectivity index (χ1) is 9.38. The van der Waals surface area contributed by atoms with Crippen molar-refractivity contribution in [2.24, 2.45) is 0 Å². The lowest BCUT2D eigenvalue weighted by atomic mass is 10.2. The predicted octanol–water partition coefficient (Wildman–Crippen LogP) is 3.32. The summed E-state index contributed by atoms with van der Waals surface area (Å²) < 4.78 is 37.6. The highest BCUT2D eigenvalue weighted by Crippen LogP contribution is 2.29. The third-order valence-corrected chi connectivity index (χ3v) is 3.15. The number of carbonyl (C=O) groups is 1. The van der Waals surface area contributed by atoms with Crippen LogP contribution in [0.5, 0.6) is 0 Å². The Bertz CT molecular complexity index is 454. The van der Waals surface area contributed by atoms with Crippen LogP contribution >= 0.6 is 11.8 Å². The lowest BCUT2D eigenvalue weighted by molar-refractivity contribution is -0.137. The molecule has 1 aromatic rings. The van der Waals surface area contributed by atoms with Crippen molar-refractivity contribution in [2.45, 2.75) is 13.1 Å². The van der Waals surface area contributed by atoms with Crippen molar-refractivity contribution >= 4 is 23.6 Å². The van der Waals surface area contributed by atoms with Crippen LogP contribution in [0.25, 0.3) is 0 Å². The van der Waals surface area contributed by atoms with Gasteiger partial charge in [-0.3, -0.25) is 5.32 Å². The van der Waals surface area contributed by atoms with Crippen LogP contribution in [0, 0.1) is 0 Å². The minimum atomic E-state index is -4.45. The molecule has 4 nitrogen and oxygen atoms in total. The van der Waals surface area contributed by atoms with E-state index in [1.165, 1.54) is 4.90 Å². The molecule has 0 bridgehead atoms. The van der Waals surface area contributed by atoms with Crippen molar-refractivity contribution in [3.8, 4) is 0 Å². The van der Waals surface area contributed by atoms with Crippen molar-refractivity contribution < 1.29 is 18.0 Å². The zero-order valence-corrected chi connectivity index (χ0v) is 12.0. The van der Waals surface area contributed by atoms with E-state index < -0.39 is 17.8 Å². The van der Waals surface area contributed by atoms with Crippen LogP contribution in [0.2, 0.25) is 0 Å². The number of alkyl halides is 3. The molecule has 1 N–H and O–H groups in total. The van der Waals surface area contributed by atoms with Gasteiger partial charge in [-0.1, -0.05) is 0 Å². The second-order valence-corrected chi connectivity index (χ2v) is 4.92. The van der Waals surface area contributed by atoms with E-state index in [1.54, 1.807) is 18.7 Å². The molecule has 0 radical (unpaired) electrons. The Balaban J connectivity index is 2.74. The maximum atomic E-state index is 12.5. The summed E-state index contributed by atoms with van der Waals surface area (Å²) in [6.07, 6.45) is -1.51. The Morgan fingerprint density at radius 3 is 2.75 bits per heavy atom. The molecule has 0 spiro atoms. The van der Waals surface area contributed by atoms with Crippen LogP contribution in [-0.2, 0) is 6.18 Å². The number of thioether (sulfide) groups is 1. The molecule has 0 aromatic carbocycles. The Morgan fingerprint density at radius 2 is 2.20 bits per heavy atom. The average molecular weight is 307 g/mol. The summed E-state index contributed by atoms with van der Waals surface area (Å²) in [6.45, 7) is 2.81. The van der Waals surface area contributed by atoms with Gasteiger partial charge in [-0.2, -0.15) is 24.9 Å². The van der Waals surface area contributed by atoms with E-state index in [-0.39, 0.29) is 5.82 Å². The number of nitrogens with one attached hydrogen (secondary N) is 1. The zero-order valence-electron chi connectivity index (χ0n) is 11.2. The number of rotatable bonds is 5. The second kappa shape index (κ2) is 7.37. The fraction of sp³-hybridized carbons (Fsp3) is 0.500. The topological polar surface area (TPSA) is 45.2 Å². The molecule has 0 fully saturated rings. The number of halogens is 3. The van der Waals surface area contributed by atoms with Gasteiger partial charge < -0.3 is 4.90 Å². The smallest absolute Gasteiger partial charge is 0.324 e. The molecule has 0 aliphatic rings. The maximum absolute atomic E-state index is 12.5. The van der Waals surface area contributed by atoms with Crippen molar-refractivity contribution in [3.05, 3.63) is 23.9 Å². The number of aromatic nitrogens is 1. The van der Waals surface area contributed by atoms with E-state index >= 15 is 0 Å². The lowest BCUT2D eigenvalue weighted by Crippen LogP contribution is -2.36. The molecule has 1 aromatic heterocycles. The van der Waals surface area contributed by atoms with Gasteiger partial charge in [-0.15, -0.1) is 0 Å². The molecular weight excluding hydrogens is 291 g/mol. The van der Waals surface area contributed by atoms with E-state index in [2.05, 4.69) is 10.3 Å². The maximum Gasteiger partial charge on any atom is 0.416 e. The monoisotopic (exact) mass is 307 g/mol. The highest BCUT2D eigenvalue weighted by molar-refractivity contribution is 7.98. The normalized spacial score (nSPS) is 11.2. The first-order valence-corrected chi connectivity index (χ1v) is 7.36. The van der Waals surface area contributed by atoms with Gasteiger partial charge >= 0.3 is 12.2 Å². The molecular formula is C12H16F3N3OS. The van der Waals surface area contributed by atoms with Crippen molar-refractivity contribution in [1.82, 2.24) is 9.88 Å². The standard InChI is InChI=1S/C12H16F3N3OS/c1-3-18(6-7-20-2)11(19)17-10-8-9(4-5-16-10)12(13,14)15/h4-5,8H,3,6-7H2,1-2H3,(H,16,17,19). The second-order valence-electron chi connectivity index (χ2n) is 3.93. The molecule has 2 amide bonds. The number of amides is 2. The third kappa shape index (κ3) is 4.92. The number of pyridine rings is 1. The van der Waals surface area contributed by atoms with E-state index in [9.17, 15) is 18.0 Å². The minimum absolute atomic E-state index is 0.104. The summed E-state index contributed by atoms with van der Waals surface area (Å²) in [5.41, 5.74) is -0.838. The Labute approximate surface area is 119 Å². The molecule has 0 aliphatic carbocycles. The van der Waals surface area contributed by atoms with Gasteiger partial charge in [0.25, 0.3) is 0 Å². The van der Waals surface area contributed by atoms with Gasteiger partial charge in [0.2, 0.25) is 0 Å². The number of hydrogen-bond acceptors (Lipinski definition) is 3. The minimum Gasteiger partial charge on any atom is -0.324 e. The number of carbonyl (C=O) groups excluding carboxylic acids is 1. The molecule has 0 saturated heterocycles. The van der Waals surface area contributed by atoms with Crippen LogP contribution in [-0.4, -0.2) is 41.0 Å². The van der Waals surface area contributed by atoms with Crippen LogP contribution in [0.1, 0.15) is 12.5 Å². The van der Waals surface area contributed by atoms with Gasteiger partial charge in [0, 0.05) is 25.0 Å². The SMILES string of the molecule is CCN(CCSC)C(=O)Nc1cc(C(F)(F)F)ccn1. The van der Waals surface area contributed by atoms with E-state index in [1.807, 2.05) is 6.26 Å². The van der Waals surface area contributed by atoms with Crippen molar-refractivity contribution in [1.29, 1.82) is 0 Å². The third-order valence-electron chi connectivity index (χ3n) is 2.56. The number of hydrogen-bond donors (Lipinski definition) is 1. The van der Waals surface area contributed by atoms with Gasteiger partial charge in [0.05, 0.1) is 5.56 Å². The molecule has 1 heterocycles. The molecule has 1 rings (SSSR count). The van der Waals surface area contributed by atoms with Crippen molar-refractivity contribution in [2.75, 3.05) is 30.4 Å². The first-order valence-electron chi connectivity index (χ1n) is 5.96. The first kappa shape index (κ1) is 16.6. The highest BCUT2D eigenvalue weighted by atomic mass is 32.2. The number of urea groups is 1. The van der Waals surface area contributed by atoms with Gasteiger partial charge in [0.1, 0.15) is 5.82 Å². The molecule has 20 heavy (non-hydrogen) atoms. The molecule has 8 heteroatoms. The van der Waals surface area contributed by atoms with Crippen molar-refractivity contribution in [3.63, 3.8) is 0 Å². The molecule has 0 atom stereocenters. The van der Waals surface area contributed by atoms with Crippen LogP contribution < -0.4 is 5.32 Å². The van der Waals surface area contributed by atoms with Gasteiger partial charge in [-0.25, -0.2) is 9.78 Å². The Kier molecular flexibility index (Phi) is 6.12. The molecule has 0 saturated carbocycles. The molecule has 0 aliphatic heterocycles. The van der Waals surface area contributed by atoms with E-state index in [0.29, 0.717) is 13.1 Å². The summed E-state index contributed by atoms with van der Waals surface area (Å²) in [5.74, 6) is 0.657. The van der Waals surface area contributed by atoms with Gasteiger partial charge in [-0.05, 0) is 25.3 Å². The summed E-state index contributed by atoms with van der Waals surface area (Å²) >= 11 is 1.59. The Morgan fingerprint density at radius 1 is 1.50 bits per heavy atom. The van der Waals surface area contributed by atoms with E-state index in [0.717, 1.165) is 24.1 Å². The Hall–Kier alpha value is -1.44. The molecule has 112 valence electrons. The fourth-order valence-corrected chi connectivity index (χ4v) is 1.87. The van der Waals surface area contributed by atoms with Crippen LogP contribution in [0.3, 0.4) is 0 Å². The lowest BCUT2D eigenvalue weighted by Gasteiger charge is -2.20. The average Bonchev–Trinajstić information content (AvgIpc) is 2.39. The zero-order chi connectivity index (χ0) is 15.2. The number of anilines is 1. The van der Waals surface area contributed by atoms with Crippen LogP contribution in [0.4, 0.5) is 23.8 Å². The summed E-state index contributed by atoms with van der Waals surface area (Å²) in [4.78, 5) is 17.1. The van der Waals surface area contributed by atoms with Crippen LogP contribution in [0.15, 0.2) is 18.3 Å². The summed E-state index contributed by atoms with van der Waals surface area (Å²) in [6, 6.07) is 1.23. The predicted molar refractivity (Wildman–Crippen MR) is 73.9 cm³/mol. The summed E-state index contributed by atoms with van der Waals surface area (Å²) in [7, 11) is 0. The number of nitrogens with zero attached hydrogens (tertiary/aromatic N) is 2. The quantitative estimate of drug-likeness (QED) is 0.907. The highest BCUT2D eigenvalue weighted by Gasteiger charge is 2.30.